The van der Waals surface area contributed by atoms with Crippen molar-refractivity contribution in [1.29, 1.82) is 0 Å². The van der Waals surface area contributed by atoms with Gasteiger partial charge in [0.2, 0.25) is 0 Å². The van der Waals surface area contributed by atoms with E-state index in [1.54, 1.807) is 0 Å². The molecule has 0 amide bonds. The summed E-state index contributed by atoms with van der Waals surface area (Å²) < 4.78 is 10.7. The molecule has 0 saturated carbocycles. The third-order valence-corrected chi connectivity index (χ3v) is 4.62. The highest BCUT2D eigenvalue weighted by Gasteiger charge is 2.45. The molecule has 1 fully saturated rings. The summed E-state index contributed by atoms with van der Waals surface area (Å²) in [6.45, 7) is 9.08. The molecule has 0 aromatic heterocycles. The molecule has 1 atom stereocenters. The van der Waals surface area contributed by atoms with Gasteiger partial charge in [0.05, 0.1) is 12.0 Å². The number of cyclic esters (lactones) is 1. The lowest BCUT2D eigenvalue weighted by Gasteiger charge is -2.28. The molecule has 24 heavy (non-hydrogen) atoms. The lowest BCUT2D eigenvalue weighted by atomic mass is 9.87. The SMILES string of the molecule is CCCCCCC(C)(C)C(=O)OCC1(CO)CC(=C(C)C)C(=O)O1. The van der Waals surface area contributed by atoms with Crippen molar-refractivity contribution in [3.63, 3.8) is 0 Å². The van der Waals surface area contributed by atoms with Crippen molar-refractivity contribution in [3.8, 4) is 0 Å². The van der Waals surface area contributed by atoms with Crippen molar-refractivity contribution in [2.24, 2.45) is 5.41 Å². The Balaban J connectivity index is 2.61. The van der Waals surface area contributed by atoms with Crippen LogP contribution in [0.25, 0.3) is 0 Å². The number of unbranched alkanes of at least 4 members (excludes halogenated alkanes) is 3. The largest absolute Gasteiger partial charge is 0.461 e. The molecular weight excluding hydrogens is 308 g/mol. The van der Waals surface area contributed by atoms with Crippen molar-refractivity contribution in [1.82, 2.24) is 0 Å². The van der Waals surface area contributed by atoms with Gasteiger partial charge >= 0.3 is 11.9 Å². The van der Waals surface area contributed by atoms with Crippen LogP contribution in [0.4, 0.5) is 0 Å². The fourth-order valence-electron chi connectivity index (χ4n) is 2.77. The van der Waals surface area contributed by atoms with Gasteiger partial charge in [0.1, 0.15) is 6.61 Å². The number of aliphatic hydroxyl groups excluding tert-OH is 1. The average molecular weight is 340 g/mol. The third kappa shape index (κ3) is 5.33. The number of hydrogen-bond donors (Lipinski definition) is 1. The third-order valence-electron chi connectivity index (χ3n) is 4.62. The molecule has 0 radical (unpaired) electrons. The summed E-state index contributed by atoms with van der Waals surface area (Å²) in [5.74, 6) is -0.743. The van der Waals surface area contributed by atoms with Gasteiger partial charge in [-0.3, -0.25) is 4.79 Å². The van der Waals surface area contributed by atoms with Gasteiger partial charge in [0, 0.05) is 12.0 Å². The van der Waals surface area contributed by atoms with Crippen LogP contribution in [-0.4, -0.2) is 35.9 Å². The van der Waals surface area contributed by atoms with E-state index in [-0.39, 0.29) is 25.6 Å². The van der Waals surface area contributed by atoms with Crippen molar-refractivity contribution < 1.29 is 24.2 Å². The standard InChI is InChI=1S/C19H32O5/c1-6-7-8-9-10-18(4,5)17(22)23-13-19(12-20)11-15(14(2)3)16(21)24-19/h20H,6-13H2,1-5H3. The predicted molar refractivity (Wildman–Crippen MR) is 92.4 cm³/mol. The molecule has 5 heteroatoms. The number of aliphatic hydroxyl groups is 1. The lowest BCUT2D eigenvalue weighted by molar-refractivity contribution is -0.172. The Labute approximate surface area is 145 Å². The van der Waals surface area contributed by atoms with Gasteiger partial charge in [-0.05, 0) is 34.1 Å². The molecular formula is C19H32O5. The fraction of sp³-hybridized carbons (Fsp3) is 0.789. The Morgan fingerprint density at radius 2 is 1.96 bits per heavy atom. The van der Waals surface area contributed by atoms with Crippen LogP contribution < -0.4 is 0 Å². The first-order valence-electron chi connectivity index (χ1n) is 8.85. The quantitative estimate of drug-likeness (QED) is 0.395. The van der Waals surface area contributed by atoms with Crippen molar-refractivity contribution in [2.45, 2.75) is 78.7 Å². The molecule has 1 unspecified atom stereocenters. The van der Waals surface area contributed by atoms with E-state index < -0.39 is 17.0 Å². The van der Waals surface area contributed by atoms with Crippen LogP contribution in [0.15, 0.2) is 11.1 Å². The number of rotatable bonds is 9. The molecule has 1 heterocycles. The zero-order chi connectivity index (χ0) is 18.4. The normalized spacial score (nSPS) is 20.9. The Hall–Kier alpha value is -1.36. The van der Waals surface area contributed by atoms with Gasteiger partial charge in [0.15, 0.2) is 5.60 Å². The average Bonchev–Trinajstić information content (AvgIpc) is 2.87. The second kappa shape index (κ2) is 8.65. The summed E-state index contributed by atoms with van der Waals surface area (Å²) in [7, 11) is 0. The minimum absolute atomic E-state index is 0.108. The van der Waals surface area contributed by atoms with E-state index in [1.165, 1.54) is 6.42 Å². The monoisotopic (exact) mass is 340 g/mol. The Morgan fingerprint density at radius 3 is 2.46 bits per heavy atom. The van der Waals surface area contributed by atoms with Crippen LogP contribution in [0, 0.1) is 5.41 Å². The van der Waals surface area contributed by atoms with E-state index in [2.05, 4.69) is 6.92 Å². The molecule has 1 aliphatic heterocycles. The number of hydrogen-bond acceptors (Lipinski definition) is 5. The van der Waals surface area contributed by atoms with Crippen molar-refractivity contribution in [2.75, 3.05) is 13.2 Å². The van der Waals surface area contributed by atoms with Crippen molar-refractivity contribution >= 4 is 11.9 Å². The maximum atomic E-state index is 12.4. The van der Waals surface area contributed by atoms with Crippen LogP contribution in [0.2, 0.25) is 0 Å². The van der Waals surface area contributed by atoms with Gasteiger partial charge in [-0.2, -0.15) is 0 Å². The Bertz CT molecular complexity index is 488. The first-order chi connectivity index (χ1) is 11.2. The van der Waals surface area contributed by atoms with E-state index in [1.807, 2.05) is 27.7 Å². The molecule has 0 spiro atoms. The number of ether oxygens (including phenoxy) is 2. The summed E-state index contributed by atoms with van der Waals surface area (Å²) in [5.41, 5.74) is -0.305. The van der Waals surface area contributed by atoms with Crippen molar-refractivity contribution in [3.05, 3.63) is 11.1 Å². The highest BCUT2D eigenvalue weighted by atomic mass is 16.6. The molecule has 0 aromatic carbocycles. The highest BCUT2D eigenvalue weighted by molar-refractivity contribution is 5.92. The summed E-state index contributed by atoms with van der Waals surface area (Å²) in [4.78, 5) is 24.3. The van der Waals surface area contributed by atoms with Gasteiger partial charge in [-0.25, -0.2) is 4.79 Å². The zero-order valence-corrected chi connectivity index (χ0v) is 15.7. The first-order valence-corrected chi connectivity index (χ1v) is 8.85. The molecule has 138 valence electrons. The van der Waals surface area contributed by atoms with Gasteiger partial charge < -0.3 is 14.6 Å². The Morgan fingerprint density at radius 1 is 1.29 bits per heavy atom. The zero-order valence-electron chi connectivity index (χ0n) is 15.7. The number of carbonyl (C=O) groups is 2. The minimum Gasteiger partial charge on any atom is -0.461 e. The number of carbonyl (C=O) groups excluding carboxylic acids is 2. The Kier molecular flexibility index (Phi) is 7.46. The maximum absolute atomic E-state index is 12.4. The second-order valence-electron chi connectivity index (χ2n) is 7.66. The lowest BCUT2D eigenvalue weighted by Crippen LogP contribution is -2.41. The van der Waals surface area contributed by atoms with Crippen LogP contribution in [0.1, 0.15) is 73.1 Å². The predicted octanol–water partition coefficient (Wildman–Crippen LogP) is 3.54. The summed E-state index contributed by atoms with van der Waals surface area (Å²) in [5, 5.41) is 9.66. The molecule has 5 nitrogen and oxygen atoms in total. The molecule has 0 aromatic rings. The molecule has 1 N–H and O–H groups in total. The van der Waals surface area contributed by atoms with Gasteiger partial charge in [-0.15, -0.1) is 0 Å². The van der Waals surface area contributed by atoms with E-state index in [0.29, 0.717) is 5.57 Å². The first kappa shape index (κ1) is 20.7. The maximum Gasteiger partial charge on any atom is 0.334 e. The van der Waals surface area contributed by atoms with Crippen LogP contribution in [-0.2, 0) is 19.1 Å². The van der Waals surface area contributed by atoms with E-state index in [9.17, 15) is 14.7 Å². The highest BCUT2D eigenvalue weighted by Crippen LogP contribution is 2.34. The smallest absolute Gasteiger partial charge is 0.334 e. The molecule has 0 aliphatic carbocycles. The van der Waals surface area contributed by atoms with E-state index in [4.69, 9.17) is 9.47 Å². The minimum atomic E-state index is -1.14. The fourth-order valence-corrected chi connectivity index (χ4v) is 2.77. The number of allylic oxidation sites excluding steroid dienone is 1. The van der Waals surface area contributed by atoms with Crippen LogP contribution >= 0.6 is 0 Å². The van der Waals surface area contributed by atoms with Gasteiger partial charge in [-0.1, -0.05) is 38.2 Å². The van der Waals surface area contributed by atoms with Crippen LogP contribution in [0.5, 0.6) is 0 Å². The molecule has 1 rings (SSSR count). The molecule has 1 aliphatic rings. The van der Waals surface area contributed by atoms with Gasteiger partial charge in [0.25, 0.3) is 0 Å². The summed E-state index contributed by atoms with van der Waals surface area (Å²) >= 11 is 0. The molecule has 0 bridgehead atoms. The van der Waals surface area contributed by atoms with E-state index >= 15 is 0 Å². The number of esters is 2. The van der Waals surface area contributed by atoms with Crippen LogP contribution in [0.3, 0.4) is 0 Å². The van der Waals surface area contributed by atoms with E-state index in [0.717, 1.165) is 31.3 Å². The topological polar surface area (TPSA) is 72.8 Å². The summed E-state index contributed by atoms with van der Waals surface area (Å²) in [6.07, 6.45) is 5.45. The second-order valence-corrected chi connectivity index (χ2v) is 7.66. The molecule has 1 saturated heterocycles. The summed E-state index contributed by atoms with van der Waals surface area (Å²) in [6, 6.07) is 0.